The van der Waals surface area contributed by atoms with Crippen molar-refractivity contribution in [2.24, 2.45) is 0 Å². The number of carbonyl (C=O) groups excluding carboxylic acids is 1. The first-order valence-electron chi connectivity index (χ1n) is 5.81. The van der Waals surface area contributed by atoms with Crippen LogP contribution in [0.2, 0.25) is 5.02 Å². The van der Waals surface area contributed by atoms with Crippen molar-refractivity contribution in [3.63, 3.8) is 0 Å². The Bertz CT molecular complexity index is 492. The smallest absolute Gasteiger partial charge is 0.232 e. The lowest BCUT2D eigenvalue weighted by molar-refractivity contribution is -0.127. The van der Waals surface area contributed by atoms with E-state index in [1.807, 2.05) is 4.90 Å². The summed E-state index contributed by atoms with van der Waals surface area (Å²) in [5.41, 5.74) is 0.568. The largest absolute Gasteiger partial charge is 0.342 e. The Morgan fingerprint density at radius 2 is 2.17 bits per heavy atom. The SMILES string of the molecule is N#Cc1ccc(Cl)cc1SCC(=O)N1CCCC1. The molecule has 18 heavy (non-hydrogen) atoms. The molecule has 1 heterocycles. The molecule has 1 aliphatic rings. The summed E-state index contributed by atoms with van der Waals surface area (Å²) >= 11 is 7.28. The second-order valence-corrected chi connectivity index (χ2v) is 5.58. The summed E-state index contributed by atoms with van der Waals surface area (Å²) in [6.07, 6.45) is 2.19. The molecule has 94 valence electrons. The van der Waals surface area contributed by atoms with Crippen molar-refractivity contribution < 1.29 is 4.79 Å². The monoisotopic (exact) mass is 280 g/mol. The van der Waals surface area contributed by atoms with Crippen LogP contribution >= 0.6 is 23.4 Å². The van der Waals surface area contributed by atoms with Gasteiger partial charge in [-0.15, -0.1) is 11.8 Å². The van der Waals surface area contributed by atoms with Crippen molar-refractivity contribution in [1.82, 2.24) is 4.90 Å². The molecule has 0 aromatic heterocycles. The topological polar surface area (TPSA) is 44.1 Å². The highest BCUT2D eigenvalue weighted by Gasteiger charge is 2.18. The molecule has 1 aromatic carbocycles. The van der Waals surface area contributed by atoms with E-state index in [2.05, 4.69) is 6.07 Å². The summed E-state index contributed by atoms with van der Waals surface area (Å²) in [5, 5.41) is 9.57. The third kappa shape index (κ3) is 3.18. The van der Waals surface area contributed by atoms with Gasteiger partial charge in [0.1, 0.15) is 6.07 Å². The van der Waals surface area contributed by atoms with E-state index in [4.69, 9.17) is 16.9 Å². The highest BCUT2D eigenvalue weighted by Crippen LogP contribution is 2.26. The van der Waals surface area contributed by atoms with Gasteiger partial charge in [0.2, 0.25) is 5.91 Å². The van der Waals surface area contributed by atoms with E-state index in [-0.39, 0.29) is 5.91 Å². The average molecular weight is 281 g/mol. The van der Waals surface area contributed by atoms with Gasteiger partial charge >= 0.3 is 0 Å². The molecule has 1 aliphatic heterocycles. The lowest BCUT2D eigenvalue weighted by Crippen LogP contribution is -2.29. The number of rotatable bonds is 3. The van der Waals surface area contributed by atoms with Crippen LogP contribution in [0.5, 0.6) is 0 Å². The van der Waals surface area contributed by atoms with Crippen LogP contribution in [0.15, 0.2) is 23.1 Å². The fraction of sp³-hybridized carbons (Fsp3) is 0.385. The molecule has 1 saturated heterocycles. The molecule has 5 heteroatoms. The van der Waals surface area contributed by atoms with Gasteiger partial charge in [-0.25, -0.2) is 0 Å². The minimum absolute atomic E-state index is 0.140. The van der Waals surface area contributed by atoms with Crippen LogP contribution < -0.4 is 0 Å². The van der Waals surface area contributed by atoms with Crippen molar-refractivity contribution in [1.29, 1.82) is 5.26 Å². The average Bonchev–Trinajstić information content (AvgIpc) is 2.90. The standard InChI is InChI=1S/C13H13ClN2OS/c14-11-4-3-10(8-15)12(7-11)18-9-13(17)16-5-1-2-6-16/h3-4,7H,1-2,5-6,9H2. The van der Waals surface area contributed by atoms with Gasteiger partial charge in [0.15, 0.2) is 0 Å². The first-order chi connectivity index (χ1) is 8.70. The van der Waals surface area contributed by atoms with E-state index in [1.165, 1.54) is 11.8 Å². The van der Waals surface area contributed by atoms with Crippen LogP contribution in [0.25, 0.3) is 0 Å². The Balaban J connectivity index is 1.99. The van der Waals surface area contributed by atoms with Gasteiger partial charge in [-0.3, -0.25) is 4.79 Å². The van der Waals surface area contributed by atoms with Crippen molar-refractivity contribution >= 4 is 29.3 Å². The van der Waals surface area contributed by atoms with Gasteiger partial charge in [0.25, 0.3) is 0 Å². The van der Waals surface area contributed by atoms with E-state index in [9.17, 15) is 4.79 Å². The molecular weight excluding hydrogens is 268 g/mol. The number of likely N-dealkylation sites (tertiary alicyclic amines) is 1. The first kappa shape index (κ1) is 13.3. The molecule has 3 nitrogen and oxygen atoms in total. The van der Waals surface area contributed by atoms with Crippen LogP contribution in [0.3, 0.4) is 0 Å². The van der Waals surface area contributed by atoms with Crippen LogP contribution in [-0.4, -0.2) is 29.6 Å². The Morgan fingerprint density at radius 1 is 1.44 bits per heavy atom. The zero-order valence-corrected chi connectivity index (χ0v) is 11.4. The normalized spacial score (nSPS) is 14.6. The van der Waals surface area contributed by atoms with Gasteiger partial charge < -0.3 is 4.90 Å². The molecule has 0 atom stereocenters. The molecule has 0 bridgehead atoms. The predicted octanol–water partition coefficient (Wildman–Crippen LogP) is 2.93. The molecule has 0 radical (unpaired) electrons. The quantitative estimate of drug-likeness (QED) is 0.800. The highest BCUT2D eigenvalue weighted by molar-refractivity contribution is 8.00. The van der Waals surface area contributed by atoms with Gasteiger partial charge in [-0.2, -0.15) is 5.26 Å². The number of hydrogen-bond acceptors (Lipinski definition) is 3. The number of hydrogen-bond donors (Lipinski definition) is 0. The van der Waals surface area contributed by atoms with Gasteiger partial charge in [0.05, 0.1) is 11.3 Å². The van der Waals surface area contributed by atoms with E-state index in [1.54, 1.807) is 18.2 Å². The van der Waals surface area contributed by atoms with E-state index >= 15 is 0 Å². The summed E-state index contributed by atoms with van der Waals surface area (Å²) in [4.78, 5) is 14.5. The van der Waals surface area contributed by atoms with Gasteiger partial charge in [-0.05, 0) is 31.0 Å². The van der Waals surface area contributed by atoms with Crippen molar-refractivity contribution in [3.05, 3.63) is 28.8 Å². The van der Waals surface area contributed by atoms with Crippen molar-refractivity contribution in [2.45, 2.75) is 17.7 Å². The molecule has 1 amide bonds. The van der Waals surface area contributed by atoms with Crippen LogP contribution in [0, 0.1) is 11.3 Å². The third-order valence-electron chi connectivity index (χ3n) is 2.87. The molecule has 0 spiro atoms. The number of thioether (sulfide) groups is 1. The van der Waals surface area contributed by atoms with E-state index < -0.39 is 0 Å². The molecule has 0 unspecified atom stereocenters. The summed E-state index contributed by atoms with van der Waals surface area (Å²) < 4.78 is 0. The van der Waals surface area contributed by atoms with Crippen LogP contribution in [-0.2, 0) is 4.79 Å². The lowest BCUT2D eigenvalue weighted by Gasteiger charge is -2.14. The molecule has 1 fully saturated rings. The zero-order valence-electron chi connectivity index (χ0n) is 9.86. The number of benzene rings is 1. The number of nitrogens with zero attached hydrogens (tertiary/aromatic N) is 2. The lowest BCUT2D eigenvalue weighted by atomic mass is 10.2. The van der Waals surface area contributed by atoms with Crippen LogP contribution in [0.4, 0.5) is 0 Å². The summed E-state index contributed by atoms with van der Waals surface area (Å²) in [6, 6.07) is 7.22. The fourth-order valence-corrected chi connectivity index (χ4v) is 3.08. The van der Waals surface area contributed by atoms with E-state index in [0.717, 1.165) is 30.8 Å². The minimum atomic E-state index is 0.140. The Labute approximate surface area is 116 Å². The number of nitriles is 1. The molecule has 0 aliphatic carbocycles. The zero-order chi connectivity index (χ0) is 13.0. The number of halogens is 1. The second kappa shape index (κ2) is 6.12. The van der Waals surface area contributed by atoms with Crippen molar-refractivity contribution in [3.8, 4) is 6.07 Å². The summed E-state index contributed by atoms with van der Waals surface area (Å²) in [5.74, 6) is 0.510. The molecular formula is C13H13ClN2OS. The predicted molar refractivity (Wildman–Crippen MR) is 72.7 cm³/mol. The Hall–Kier alpha value is -1.18. The minimum Gasteiger partial charge on any atom is -0.342 e. The molecule has 0 N–H and O–H groups in total. The third-order valence-corrected chi connectivity index (χ3v) is 4.15. The maximum absolute atomic E-state index is 11.9. The molecule has 2 rings (SSSR count). The van der Waals surface area contributed by atoms with Gasteiger partial charge in [0, 0.05) is 23.0 Å². The van der Waals surface area contributed by atoms with Gasteiger partial charge in [-0.1, -0.05) is 11.6 Å². The second-order valence-electron chi connectivity index (χ2n) is 4.13. The highest BCUT2D eigenvalue weighted by atomic mass is 35.5. The summed E-state index contributed by atoms with van der Waals surface area (Å²) in [7, 11) is 0. The molecule has 1 aromatic rings. The Morgan fingerprint density at radius 3 is 2.83 bits per heavy atom. The maximum Gasteiger partial charge on any atom is 0.232 e. The number of amides is 1. The first-order valence-corrected chi connectivity index (χ1v) is 7.17. The summed E-state index contributed by atoms with van der Waals surface area (Å²) in [6.45, 7) is 1.72. The molecule has 0 saturated carbocycles. The van der Waals surface area contributed by atoms with E-state index in [0.29, 0.717) is 16.3 Å². The van der Waals surface area contributed by atoms with Crippen molar-refractivity contribution in [2.75, 3.05) is 18.8 Å². The fourth-order valence-electron chi connectivity index (χ4n) is 1.91. The maximum atomic E-state index is 11.9. The van der Waals surface area contributed by atoms with Crippen LogP contribution in [0.1, 0.15) is 18.4 Å². The Kier molecular flexibility index (Phi) is 4.51. The number of carbonyl (C=O) groups is 1.